The number of nitrogens with one attached hydrogen (secondary N) is 1. The van der Waals surface area contributed by atoms with Gasteiger partial charge in [0.05, 0.1) is 17.7 Å². The summed E-state index contributed by atoms with van der Waals surface area (Å²) in [5.41, 5.74) is 0. The summed E-state index contributed by atoms with van der Waals surface area (Å²) in [6.45, 7) is 0. The highest BCUT2D eigenvalue weighted by Crippen LogP contribution is 2.41. The van der Waals surface area contributed by atoms with Gasteiger partial charge in [-0.3, -0.25) is 4.79 Å². The van der Waals surface area contributed by atoms with Crippen molar-refractivity contribution >= 4 is 21.8 Å². The minimum atomic E-state index is -3.21. The predicted molar refractivity (Wildman–Crippen MR) is 69.6 cm³/mol. The molecule has 3 heterocycles. The standard InChI is InChI=1S/C12H16N2O5S/c15-11(16)9-5-8-1-2-10(9)14(8)12(17)13-7-3-4-20(18,19)6-7/h3-4,7-10H,1-2,5-6H2,(H,13,17)(H,15,16). The van der Waals surface area contributed by atoms with E-state index in [1.54, 1.807) is 4.90 Å². The zero-order valence-corrected chi connectivity index (χ0v) is 11.5. The molecule has 2 N–H and O–H groups in total. The number of urea groups is 1. The van der Waals surface area contributed by atoms with Gasteiger partial charge in [0.1, 0.15) is 0 Å². The molecule has 2 saturated heterocycles. The molecule has 3 aliphatic rings. The van der Waals surface area contributed by atoms with Crippen molar-refractivity contribution in [3.63, 3.8) is 0 Å². The second-order valence-electron chi connectivity index (χ2n) is 5.60. The van der Waals surface area contributed by atoms with Crippen molar-refractivity contribution in [1.82, 2.24) is 10.2 Å². The van der Waals surface area contributed by atoms with Crippen LogP contribution in [0.15, 0.2) is 11.5 Å². The van der Waals surface area contributed by atoms with E-state index in [2.05, 4.69) is 5.32 Å². The van der Waals surface area contributed by atoms with E-state index < -0.39 is 27.8 Å². The number of carboxylic acid groups (broad SMARTS) is 1. The molecule has 2 amide bonds. The zero-order valence-electron chi connectivity index (χ0n) is 10.7. The Labute approximate surface area is 116 Å². The molecule has 0 radical (unpaired) electrons. The van der Waals surface area contributed by atoms with Gasteiger partial charge in [0.25, 0.3) is 0 Å². The number of hydrogen-bond acceptors (Lipinski definition) is 4. The molecular weight excluding hydrogens is 284 g/mol. The van der Waals surface area contributed by atoms with E-state index in [-0.39, 0.29) is 23.9 Å². The monoisotopic (exact) mass is 300 g/mol. The first kappa shape index (κ1) is 13.4. The first-order valence-electron chi connectivity index (χ1n) is 6.60. The Morgan fingerprint density at radius 3 is 2.60 bits per heavy atom. The average Bonchev–Trinajstić information content (AvgIpc) is 3.01. The molecule has 2 bridgehead atoms. The molecule has 0 aromatic carbocycles. The van der Waals surface area contributed by atoms with Crippen molar-refractivity contribution < 1.29 is 23.1 Å². The Morgan fingerprint density at radius 2 is 2.05 bits per heavy atom. The van der Waals surface area contributed by atoms with Crippen LogP contribution in [0.4, 0.5) is 4.79 Å². The summed E-state index contributed by atoms with van der Waals surface area (Å²) < 4.78 is 22.6. The van der Waals surface area contributed by atoms with Gasteiger partial charge in [-0.25, -0.2) is 13.2 Å². The maximum atomic E-state index is 12.2. The summed E-state index contributed by atoms with van der Waals surface area (Å²) in [4.78, 5) is 25.0. The number of amides is 2. The third kappa shape index (κ3) is 2.17. The molecule has 4 unspecified atom stereocenters. The first-order valence-corrected chi connectivity index (χ1v) is 8.31. The minimum absolute atomic E-state index is 0.0388. The van der Waals surface area contributed by atoms with Gasteiger partial charge in [0.2, 0.25) is 0 Å². The largest absolute Gasteiger partial charge is 0.481 e. The number of aliphatic carboxylic acids is 1. The smallest absolute Gasteiger partial charge is 0.318 e. The summed E-state index contributed by atoms with van der Waals surface area (Å²) in [5.74, 6) is -1.48. The van der Waals surface area contributed by atoms with Gasteiger partial charge >= 0.3 is 12.0 Å². The van der Waals surface area contributed by atoms with Crippen molar-refractivity contribution in [2.45, 2.75) is 37.4 Å². The maximum absolute atomic E-state index is 12.2. The number of carbonyl (C=O) groups is 2. The lowest BCUT2D eigenvalue weighted by Crippen LogP contribution is -2.48. The number of carbonyl (C=O) groups excluding carboxylic acids is 1. The molecule has 0 aliphatic carbocycles. The van der Waals surface area contributed by atoms with Crippen LogP contribution < -0.4 is 5.32 Å². The third-order valence-electron chi connectivity index (χ3n) is 4.33. The van der Waals surface area contributed by atoms with E-state index in [1.807, 2.05) is 0 Å². The van der Waals surface area contributed by atoms with Gasteiger partial charge in [-0.15, -0.1) is 0 Å². The van der Waals surface area contributed by atoms with Gasteiger partial charge in [-0.2, -0.15) is 0 Å². The number of hydrogen-bond donors (Lipinski definition) is 2. The molecule has 0 saturated carbocycles. The predicted octanol–water partition coefficient (Wildman–Crippen LogP) is -0.0558. The van der Waals surface area contributed by atoms with Crippen LogP contribution in [-0.4, -0.2) is 54.3 Å². The van der Waals surface area contributed by atoms with E-state index >= 15 is 0 Å². The molecule has 0 aromatic rings. The Kier molecular flexibility index (Phi) is 3.00. The van der Waals surface area contributed by atoms with Gasteiger partial charge in [0, 0.05) is 17.5 Å². The van der Waals surface area contributed by atoms with Crippen LogP contribution in [-0.2, 0) is 14.6 Å². The molecular formula is C12H16N2O5S. The van der Waals surface area contributed by atoms with Crippen molar-refractivity contribution in [3.8, 4) is 0 Å². The third-order valence-corrected chi connectivity index (χ3v) is 5.72. The highest BCUT2D eigenvalue weighted by atomic mass is 32.2. The highest BCUT2D eigenvalue weighted by Gasteiger charge is 2.51. The van der Waals surface area contributed by atoms with Crippen LogP contribution >= 0.6 is 0 Å². The molecule has 2 fully saturated rings. The molecule has 4 atom stereocenters. The van der Waals surface area contributed by atoms with E-state index in [0.29, 0.717) is 12.8 Å². The Hall–Kier alpha value is -1.57. The lowest BCUT2D eigenvalue weighted by atomic mass is 9.89. The quantitative estimate of drug-likeness (QED) is 0.744. The van der Waals surface area contributed by atoms with E-state index in [9.17, 15) is 18.0 Å². The molecule has 8 heteroatoms. The normalized spacial score (nSPS) is 37.3. The summed E-state index contributed by atoms with van der Waals surface area (Å²) in [6, 6.07) is -1.17. The maximum Gasteiger partial charge on any atom is 0.318 e. The van der Waals surface area contributed by atoms with Crippen molar-refractivity contribution in [3.05, 3.63) is 11.5 Å². The van der Waals surface area contributed by atoms with Crippen LogP contribution in [0.1, 0.15) is 19.3 Å². The topological polar surface area (TPSA) is 104 Å². The van der Waals surface area contributed by atoms with Gasteiger partial charge < -0.3 is 15.3 Å². The van der Waals surface area contributed by atoms with E-state index in [0.717, 1.165) is 11.8 Å². The molecule has 3 aliphatic heterocycles. The van der Waals surface area contributed by atoms with Crippen LogP contribution in [0.2, 0.25) is 0 Å². The number of nitrogens with zero attached hydrogens (tertiary/aromatic N) is 1. The zero-order chi connectivity index (χ0) is 14.5. The van der Waals surface area contributed by atoms with Crippen LogP contribution in [0.5, 0.6) is 0 Å². The number of carboxylic acids is 1. The summed E-state index contributed by atoms with van der Waals surface area (Å²) in [7, 11) is -3.21. The number of fused-ring (bicyclic) bond motifs is 2. The van der Waals surface area contributed by atoms with Gasteiger partial charge in [-0.1, -0.05) is 0 Å². The Balaban J connectivity index is 1.67. The van der Waals surface area contributed by atoms with Crippen LogP contribution in [0.3, 0.4) is 0 Å². The lowest BCUT2D eigenvalue weighted by molar-refractivity contribution is -0.142. The Bertz CT molecular complexity index is 585. The summed E-state index contributed by atoms with van der Waals surface area (Å²) in [6.07, 6.45) is 3.47. The highest BCUT2D eigenvalue weighted by molar-refractivity contribution is 7.94. The summed E-state index contributed by atoms with van der Waals surface area (Å²) >= 11 is 0. The molecule has 20 heavy (non-hydrogen) atoms. The number of rotatable bonds is 2. The van der Waals surface area contributed by atoms with Crippen LogP contribution in [0.25, 0.3) is 0 Å². The van der Waals surface area contributed by atoms with Crippen LogP contribution in [0, 0.1) is 5.92 Å². The van der Waals surface area contributed by atoms with Gasteiger partial charge in [0.15, 0.2) is 9.84 Å². The molecule has 7 nitrogen and oxygen atoms in total. The second-order valence-corrected chi connectivity index (χ2v) is 7.53. The van der Waals surface area contributed by atoms with Gasteiger partial charge in [-0.05, 0) is 25.3 Å². The fraction of sp³-hybridized carbons (Fsp3) is 0.667. The molecule has 110 valence electrons. The summed E-state index contributed by atoms with van der Waals surface area (Å²) in [5, 5.41) is 12.9. The second kappa shape index (κ2) is 4.47. The fourth-order valence-electron chi connectivity index (χ4n) is 3.47. The van der Waals surface area contributed by atoms with Crippen molar-refractivity contribution in [2.24, 2.45) is 5.92 Å². The SMILES string of the molecule is O=C(O)C1CC2CCC1N2C(=O)NC1C=CS(=O)(=O)C1. The molecule has 0 spiro atoms. The Morgan fingerprint density at radius 1 is 1.30 bits per heavy atom. The first-order chi connectivity index (χ1) is 9.37. The van der Waals surface area contributed by atoms with E-state index in [1.165, 1.54) is 6.08 Å². The number of sulfone groups is 1. The molecule has 3 rings (SSSR count). The average molecular weight is 300 g/mol. The lowest BCUT2D eigenvalue weighted by Gasteiger charge is -2.24. The minimum Gasteiger partial charge on any atom is -0.481 e. The van der Waals surface area contributed by atoms with Crippen molar-refractivity contribution in [2.75, 3.05) is 5.75 Å². The van der Waals surface area contributed by atoms with E-state index in [4.69, 9.17) is 5.11 Å². The van der Waals surface area contributed by atoms with Crippen molar-refractivity contribution in [1.29, 1.82) is 0 Å². The fourth-order valence-corrected chi connectivity index (χ4v) is 4.70. The molecule has 0 aromatic heterocycles.